The molecule has 0 spiro atoms. The number of hydrogen-bond donors (Lipinski definition) is 1. The van der Waals surface area contributed by atoms with Crippen LogP contribution in [0.2, 0.25) is 0 Å². The van der Waals surface area contributed by atoms with Gasteiger partial charge in [0.25, 0.3) is 0 Å². The monoisotopic (exact) mass is 366 g/mol. The maximum Gasteiger partial charge on any atom is 0.337 e. The number of quaternary nitrogens is 1. The number of carbonyl (C=O) groups excluding carboxylic acids is 1. The maximum absolute atomic E-state index is 11.5. The molecular formula is C22H24NO4+. The zero-order valence-electron chi connectivity index (χ0n) is 15.6. The van der Waals surface area contributed by atoms with Crippen molar-refractivity contribution in [3.63, 3.8) is 0 Å². The van der Waals surface area contributed by atoms with E-state index in [2.05, 4.69) is 17.4 Å². The third-order valence-electron chi connectivity index (χ3n) is 4.39. The summed E-state index contributed by atoms with van der Waals surface area (Å²) < 4.78 is 15.8. The molecule has 3 aromatic rings. The Morgan fingerprint density at radius 3 is 2.37 bits per heavy atom. The fourth-order valence-electron chi connectivity index (χ4n) is 2.84. The van der Waals surface area contributed by atoms with Gasteiger partial charge < -0.3 is 19.2 Å². The lowest BCUT2D eigenvalue weighted by atomic mass is 10.1. The summed E-state index contributed by atoms with van der Waals surface area (Å²) in [5.74, 6) is 2.26. The van der Waals surface area contributed by atoms with Crippen LogP contribution in [-0.4, -0.2) is 26.7 Å². The molecule has 0 aliphatic rings. The van der Waals surface area contributed by atoms with Crippen LogP contribution >= 0.6 is 0 Å². The average molecular weight is 366 g/mol. The van der Waals surface area contributed by atoms with Gasteiger partial charge in [0.05, 0.1) is 26.3 Å². The van der Waals surface area contributed by atoms with Crippen molar-refractivity contribution in [2.24, 2.45) is 0 Å². The molecule has 1 heterocycles. The van der Waals surface area contributed by atoms with E-state index in [1.54, 1.807) is 19.2 Å². The third kappa shape index (κ3) is 4.99. The first-order valence-electron chi connectivity index (χ1n) is 8.91. The van der Waals surface area contributed by atoms with Crippen LogP contribution in [0.15, 0.2) is 65.1 Å². The van der Waals surface area contributed by atoms with Crippen molar-refractivity contribution >= 4 is 5.97 Å². The van der Waals surface area contributed by atoms with E-state index in [1.807, 2.05) is 36.4 Å². The molecule has 140 valence electrons. The Bertz CT molecular complexity index is 866. The number of ether oxygens (including phenoxy) is 2. The normalized spacial score (nSPS) is 10.6. The van der Waals surface area contributed by atoms with Crippen molar-refractivity contribution in [2.75, 3.05) is 20.8 Å². The highest BCUT2D eigenvalue weighted by Gasteiger charge is 2.09. The van der Waals surface area contributed by atoms with Gasteiger partial charge in [-0.15, -0.1) is 0 Å². The molecule has 27 heavy (non-hydrogen) atoms. The summed E-state index contributed by atoms with van der Waals surface area (Å²) >= 11 is 0. The molecule has 3 rings (SSSR count). The Kier molecular flexibility index (Phi) is 6.28. The lowest BCUT2D eigenvalue weighted by Gasteiger charge is -2.03. The van der Waals surface area contributed by atoms with E-state index in [1.165, 1.54) is 12.7 Å². The molecule has 0 saturated heterocycles. The molecular weight excluding hydrogens is 342 g/mol. The van der Waals surface area contributed by atoms with E-state index in [0.29, 0.717) is 5.56 Å². The minimum atomic E-state index is -0.340. The van der Waals surface area contributed by atoms with Gasteiger partial charge in [-0.2, -0.15) is 0 Å². The molecule has 1 aromatic heterocycles. The summed E-state index contributed by atoms with van der Waals surface area (Å²) in [6, 6.07) is 19.3. The van der Waals surface area contributed by atoms with Crippen molar-refractivity contribution in [3.05, 3.63) is 77.6 Å². The van der Waals surface area contributed by atoms with Crippen LogP contribution in [0.3, 0.4) is 0 Å². The van der Waals surface area contributed by atoms with Gasteiger partial charge in [-0.3, -0.25) is 0 Å². The highest BCUT2D eigenvalue weighted by Crippen LogP contribution is 2.22. The molecule has 2 aromatic carbocycles. The second-order valence-electron chi connectivity index (χ2n) is 6.21. The number of methoxy groups -OCH3 is 2. The lowest BCUT2D eigenvalue weighted by molar-refractivity contribution is -0.671. The van der Waals surface area contributed by atoms with E-state index in [0.717, 1.165) is 42.3 Å². The summed E-state index contributed by atoms with van der Waals surface area (Å²) in [6.07, 6.45) is 0.993. The topological polar surface area (TPSA) is 65.3 Å². The second kappa shape index (κ2) is 9.05. The molecule has 0 amide bonds. The Labute approximate surface area is 158 Å². The molecule has 0 saturated carbocycles. The Hall–Kier alpha value is -3.05. The predicted octanol–water partition coefficient (Wildman–Crippen LogP) is 3.05. The molecule has 0 bridgehead atoms. The summed E-state index contributed by atoms with van der Waals surface area (Å²) in [5.41, 5.74) is 2.75. The van der Waals surface area contributed by atoms with Gasteiger partial charge in [0.2, 0.25) is 0 Å². The molecule has 0 radical (unpaired) electrons. The third-order valence-corrected chi connectivity index (χ3v) is 4.39. The van der Waals surface area contributed by atoms with Crippen LogP contribution in [0.4, 0.5) is 0 Å². The highest BCUT2D eigenvalue weighted by molar-refractivity contribution is 5.89. The van der Waals surface area contributed by atoms with Crippen LogP contribution < -0.4 is 10.1 Å². The molecule has 0 aliphatic carbocycles. The summed E-state index contributed by atoms with van der Waals surface area (Å²) in [6.45, 7) is 1.77. The summed E-state index contributed by atoms with van der Waals surface area (Å²) in [7, 11) is 3.05. The standard InChI is InChI=1S/C22H23NO4/c1-25-19-9-3-16(4-10-19)13-14-23-15-20-11-12-21(27-20)17-5-7-18(8-6-17)22(24)26-2/h3-12,23H,13-15H2,1-2H3/p+1. The van der Waals surface area contributed by atoms with Crippen LogP contribution in [0.25, 0.3) is 11.3 Å². The van der Waals surface area contributed by atoms with E-state index in [-0.39, 0.29) is 5.97 Å². The van der Waals surface area contributed by atoms with Crippen LogP contribution in [0, 0.1) is 0 Å². The van der Waals surface area contributed by atoms with E-state index >= 15 is 0 Å². The molecule has 0 aliphatic heterocycles. The summed E-state index contributed by atoms with van der Waals surface area (Å²) in [5, 5.41) is 2.23. The number of rotatable bonds is 8. The molecule has 0 atom stereocenters. The van der Waals surface area contributed by atoms with Crippen molar-refractivity contribution in [2.45, 2.75) is 13.0 Å². The first-order chi connectivity index (χ1) is 13.2. The fraction of sp³-hybridized carbons (Fsp3) is 0.227. The fourth-order valence-corrected chi connectivity index (χ4v) is 2.84. The van der Waals surface area contributed by atoms with Gasteiger partial charge in [-0.05, 0) is 42.0 Å². The largest absolute Gasteiger partial charge is 0.497 e. The SMILES string of the molecule is COC(=O)c1ccc(-c2ccc(C[NH2+]CCc3ccc(OC)cc3)o2)cc1. The van der Waals surface area contributed by atoms with Gasteiger partial charge in [0.15, 0.2) is 5.76 Å². The molecule has 0 unspecified atom stereocenters. The number of carbonyl (C=O) groups is 1. The van der Waals surface area contributed by atoms with E-state index in [9.17, 15) is 4.79 Å². The maximum atomic E-state index is 11.5. The summed E-state index contributed by atoms with van der Waals surface area (Å²) in [4.78, 5) is 11.5. The zero-order chi connectivity index (χ0) is 19.1. The Balaban J connectivity index is 1.49. The van der Waals surface area contributed by atoms with Gasteiger partial charge in [0, 0.05) is 12.0 Å². The molecule has 0 fully saturated rings. The number of hydrogen-bond acceptors (Lipinski definition) is 4. The van der Waals surface area contributed by atoms with Crippen molar-refractivity contribution in [1.29, 1.82) is 0 Å². The van der Waals surface area contributed by atoms with E-state index < -0.39 is 0 Å². The minimum Gasteiger partial charge on any atom is -0.497 e. The first-order valence-corrected chi connectivity index (χ1v) is 8.91. The molecule has 5 nitrogen and oxygen atoms in total. The molecule has 5 heteroatoms. The Morgan fingerprint density at radius 1 is 0.963 bits per heavy atom. The number of esters is 1. The van der Waals surface area contributed by atoms with E-state index in [4.69, 9.17) is 13.9 Å². The molecule has 2 N–H and O–H groups in total. The van der Waals surface area contributed by atoms with Crippen LogP contribution in [-0.2, 0) is 17.7 Å². The smallest absolute Gasteiger partial charge is 0.337 e. The average Bonchev–Trinajstić information content (AvgIpc) is 3.20. The zero-order valence-corrected chi connectivity index (χ0v) is 15.6. The van der Waals surface area contributed by atoms with Gasteiger partial charge in [-0.1, -0.05) is 24.3 Å². The van der Waals surface area contributed by atoms with Gasteiger partial charge in [0.1, 0.15) is 18.1 Å². The van der Waals surface area contributed by atoms with Crippen LogP contribution in [0.5, 0.6) is 5.75 Å². The number of nitrogens with two attached hydrogens (primary N) is 1. The minimum absolute atomic E-state index is 0.340. The van der Waals surface area contributed by atoms with Gasteiger partial charge in [-0.25, -0.2) is 4.79 Å². The highest BCUT2D eigenvalue weighted by atomic mass is 16.5. The van der Waals surface area contributed by atoms with Crippen molar-refractivity contribution in [1.82, 2.24) is 0 Å². The lowest BCUT2D eigenvalue weighted by Crippen LogP contribution is -2.83. The van der Waals surface area contributed by atoms with Crippen molar-refractivity contribution in [3.8, 4) is 17.1 Å². The van der Waals surface area contributed by atoms with Crippen molar-refractivity contribution < 1.29 is 24.0 Å². The van der Waals surface area contributed by atoms with Crippen LogP contribution in [0.1, 0.15) is 21.7 Å². The second-order valence-corrected chi connectivity index (χ2v) is 6.21. The number of furan rings is 1. The number of benzene rings is 2. The first kappa shape index (κ1) is 18.7. The van der Waals surface area contributed by atoms with Gasteiger partial charge >= 0.3 is 5.97 Å². The Morgan fingerprint density at radius 2 is 1.70 bits per heavy atom. The predicted molar refractivity (Wildman–Crippen MR) is 103 cm³/mol. The quantitative estimate of drug-likeness (QED) is 0.492.